The van der Waals surface area contributed by atoms with Crippen LogP contribution in [0.25, 0.3) is 10.8 Å². The number of pyridine rings is 2. The van der Waals surface area contributed by atoms with Crippen LogP contribution in [-0.2, 0) is 9.53 Å². The van der Waals surface area contributed by atoms with E-state index in [1.54, 1.807) is 18.5 Å². The van der Waals surface area contributed by atoms with Crippen molar-refractivity contribution in [3.8, 4) is 0 Å². The highest BCUT2D eigenvalue weighted by molar-refractivity contribution is 5.96. The van der Waals surface area contributed by atoms with E-state index in [0.29, 0.717) is 30.0 Å². The number of carbonyl (C=O) groups is 1. The average Bonchev–Trinajstić information content (AvgIpc) is 3.63. The molecule has 0 radical (unpaired) electrons. The summed E-state index contributed by atoms with van der Waals surface area (Å²) < 4.78 is 20.6. The number of halogens is 1. The summed E-state index contributed by atoms with van der Waals surface area (Å²) in [5, 5.41) is 14.9. The van der Waals surface area contributed by atoms with E-state index >= 15 is 4.39 Å². The number of amides is 1. The van der Waals surface area contributed by atoms with Crippen LogP contribution < -0.4 is 5.32 Å². The molecule has 1 aromatic carbocycles. The Morgan fingerprint density at radius 1 is 1.19 bits per heavy atom. The van der Waals surface area contributed by atoms with Gasteiger partial charge in [0.25, 0.3) is 0 Å². The standard InChI is InChI=1S/C28H31FN4O3/c1-28(16-36-15-25(28)34)33-8-5-17(6-9-33)20-10-18-12-26(31-14-19(18)11-23(20)29)32-27(35)22-13-21(22)24-4-2-3-7-30-24/h2-4,7,10-12,14,17,21-22,25,34H,5-6,8-9,13,15-16H2,1H3,(H,31,32,35)/t21-,22-,25-,28+/m1/s1. The van der Waals surface area contributed by atoms with Crippen LogP contribution in [0.4, 0.5) is 10.2 Å². The van der Waals surface area contributed by atoms with E-state index in [1.807, 2.05) is 37.3 Å². The molecular weight excluding hydrogens is 459 g/mol. The molecule has 3 aliphatic rings. The van der Waals surface area contributed by atoms with Gasteiger partial charge >= 0.3 is 0 Å². The summed E-state index contributed by atoms with van der Waals surface area (Å²) in [4.78, 5) is 23.8. The zero-order valence-electron chi connectivity index (χ0n) is 20.4. The zero-order chi connectivity index (χ0) is 24.9. The predicted octanol–water partition coefficient (Wildman–Crippen LogP) is 3.84. The van der Waals surface area contributed by atoms with E-state index < -0.39 is 6.10 Å². The smallest absolute Gasteiger partial charge is 0.229 e. The lowest BCUT2D eigenvalue weighted by Crippen LogP contribution is -2.56. The van der Waals surface area contributed by atoms with Crippen LogP contribution in [0, 0.1) is 11.7 Å². The lowest BCUT2D eigenvalue weighted by Gasteiger charge is -2.43. The number of carbonyl (C=O) groups excluding carboxylic acids is 1. The maximum Gasteiger partial charge on any atom is 0.229 e. The first-order valence-electron chi connectivity index (χ1n) is 12.7. The topological polar surface area (TPSA) is 87.6 Å². The highest BCUT2D eigenvalue weighted by Gasteiger charge is 2.46. The van der Waals surface area contributed by atoms with Crippen LogP contribution in [0.3, 0.4) is 0 Å². The molecule has 36 heavy (non-hydrogen) atoms. The highest BCUT2D eigenvalue weighted by Crippen LogP contribution is 2.47. The van der Waals surface area contributed by atoms with Crippen molar-refractivity contribution in [2.75, 3.05) is 31.6 Å². The van der Waals surface area contributed by atoms with Gasteiger partial charge in [-0.25, -0.2) is 9.37 Å². The van der Waals surface area contributed by atoms with Crippen molar-refractivity contribution in [1.29, 1.82) is 0 Å². The maximum absolute atomic E-state index is 15.1. The van der Waals surface area contributed by atoms with Gasteiger partial charge in [0.2, 0.25) is 5.91 Å². The molecule has 0 unspecified atom stereocenters. The lowest BCUT2D eigenvalue weighted by atomic mass is 9.85. The van der Waals surface area contributed by atoms with Gasteiger partial charge in [-0.2, -0.15) is 0 Å². The molecule has 8 heteroatoms. The number of rotatable bonds is 5. The van der Waals surface area contributed by atoms with Crippen LogP contribution >= 0.6 is 0 Å². The van der Waals surface area contributed by atoms with E-state index in [1.165, 1.54) is 0 Å². The summed E-state index contributed by atoms with van der Waals surface area (Å²) >= 11 is 0. The van der Waals surface area contributed by atoms with Gasteiger partial charge in [-0.05, 0) is 86.5 Å². The Morgan fingerprint density at radius 2 is 2.03 bits per heavy atom. The van der Waals surface area contributed by atoms with Crippen LogP contribution in [0.1, 0.15) is 49.3 Å². The first-order valence-corrected chi connectivity index (χ1v) is 12.7. The van der Waals surface area contributed by atoms with Crippen molar-refractivity contribution in [1.82, 2.24) is 14.9 Å². The van der Waals surface area contributed by atoms with Crippen LogP contribution in [0.2, 0.25) is 0 Å². The molecule has 3 aromatic rings. The zero-order valence-corrected chi connectivity index (χ0v) is 20.4. The molecule has 7 nitrogen and oxygen atoms in total. The minimum Gasteiger partial charge on any atom is -0.389 e. The number of likely N-dealkylation sites (tertiary alicyclic amines) is 1. The van der Waals surface area contributed by atoms with Crippen molar-refractivity contribution >= 4 is 22.5 Å². The summed E-state index contributed by atoms with van der Waals surface area (Å²) in [6, 6.07) is 11.0. The van der Waals surface area contributed by atoms with Crippen LogP contribution in [-0.4, -0.2) is 63.8 Å². The van der Waals surface area contributed by atoms with E-state index in [-0.39, 0.29) is 35.0 Å². The number of nitrogens with zero attached hydrogens (tertiary/aromatic N) is 3. The number of aromatic nitrogens is 2. The Labute approximate surface area is 209 Å². The molecule has 6 rings (SSSR count). The number of ether oxygens (including phenoxy) is 1. The first kappa shape index (κ1) is 23.5. The Balaban J connectivity index is 1.15. The molecule has 2 aromatic heterocycles. The quantitative estimate of drug-likeness (QED) is 0.565. The highest BCUT2D eigenvalue weighted by atomic mass is 19.1. The Hall–Kier alpha value is -2.94. The van der Waals surface area contributed by atoms with Gasteiger partial charge in [-0.3, -0.25) is 14.7 Å². The fraction of sp³-hybridized carbons (Fsp3) is 0.464. The molecule has 2 N–H and O–H groups in total. The average molecular weight is 491 g/mol. The monoisotopic (exact) mass is 490 g/mol. The second-order valence-corrected chi connectivity index (χ2v) is 10.6. The molecule has 3 fully saturated rings. The van der Waals surface area contributed by atoms with Crippen molar-refractivity contribution in [3.63, 3.8) is 0 Å². The second-order valence-electron chi connectivity index (χ2n) is 10.6. The first-order chi connectivity index (χ1) is 17.4. The summed E-state index contributed by atoms with van der Waals surface area (Å²) in [5.41, 5.74) is 1.28. The normalized spacial score (nSPS) is 28.9. The number of nitrogens with one attached hydrogen (secondary N) is 1. The third-order valence-electron chi connectivity index (χ3n) is 8.33. The molecule has 4 heterocycles. The number of anilines is 1. The van der Waals surface area contributed by atoms with Crippen molar-refractivity contribution in [2.24, 2.45) is 5.92 Å². The molecule has 2 saturated heterocycles. The van der Waals surface area contributed by atoms with Crippen molar-refractivity contribution in [3.05, 3.63) is 65.9 Å². The van der Waals surface area contributed by atoms with E-state index in [2.05, 4.69) is 20.2 Å². The van der Waals surface area contributed by atoms with Crippen molar-refractivity contribution < 1.29 is 19.0 Å². The number of hydrogen-bond acceptors (Lipinski definition) is 6. The number of aliphatic hydroxyl groups is 1. The summed E-state index contributed by atoms with van der Waals surface area (Å²) in [6.45, 7) is 4.51. The van der Waals surface area contributed by atoms with Crippen LogP contribution in [0.5, 0.6) is 0 Å². The Bertz CT molecular complexity index is 1280. The molecule has 0 spiro atoms. The largest absolute Gasteiger partial charge is 0.389 e. The second kappa shape index (κ2) is 9.18. The summed E-state index contributed by atoms with van der Waals surface area (Å²) in [6.07, 6.45) is 5.29. The Morgan fingerprint density at radius 3 is 2.75 bits per heavy atom. The van der Waals surface area contributed by atoms with E-state index in [4.69, 9.17) is 4.74 Å². The predicted molar refractivity (Wildman–Crippen MR) is 134 cm³/mol. The molecule has 1 saturated carbocycles. The molecule has 1 amide bonds. The molecule has 2 aliphatic heterocycles. The number of piperidine rings is 1. The number of aliphatic hydroxyl groups excluding tert-OH is 1. The van der Waals surface area contributed by atoms with Crippen LogP contribution in [0.15, 0.2) is 48.8 Å². The number of benzene rings is 1. The number of fused-ring (bicyclic) bond motifs is 1. The summed E-state index contributed by atoms with van der Waals surface area (Å²) in [5.74, 6) is 0.361. The molecule has 0 bridgehead atoms. The fourth-order valence-electron chi connectivity index (χ4n) is 5.85. The third kappa shape index (κ3) is 4.27. The van der Waals surface area contributed by atoms with E-state index in [9.17, 15) is 9.90 Å². The van der Waals surface area contributed by atoms with Gasteiger partial charge in [0.1, 0.15) is 11.6 Å². The Kier molecular flexibility index (Phi) is 5.98. The minimum atomic E-state index is -0.498. The molecule has 4 atom stereocenters. The van der Waals surface area contributed by atoms with Gasteiger partial charge in [-0.15, -0.1) is 0 Å². The molecule has 188 valence electrons. The van der Waals surface area contributed by atoms with E-state index in [0.717, 1.165) is 43.4 Å². The maximum atomic E-state index is 15.1. The van der Waals surface area contributed by atoms with Gasteiger partial charge in [0.15, 0.2) is 0 Å². The lowest BCUT2D eigenvalue weighted by molar-refractivity contribution is -0.117. The SMILES string of the molecule is C[C@]1(N2CCC(c3cc4cc(NC(=O)[C@@H]5C[C@H]5c5ccccn5)ncc4cc3F)CC2)COC[C@H]1O. The van der Waals surface area contributed by atoms with Gasteiger partial charge < -0.3 is 15.2 Å². The molecule has 1 aliphatic carbocycles. The van der Waals surface area contributed by atoms with Crippen molar-refractivity contribution in [2.45, 2.75) is 49.7 Å². The fourth-order valence-corrected chi connectivity index (χ4v) is 5.85. The van der Waals surface area contributed by atoms with Gasteiger partial charge in [0, 0.05) is 35.3 Å². The minimum absolute atomic E-state index is 0.0567. The molecular formula is C28H31FN4O3. The number of hydrogen-bond donors (Lipinski definition) is 2. The summed E-state index contributed by atoms with van der Waals surface area (Å²) in [7, 11) is 0. The third-order valence-corrected chi connectivity index (χ3v) is 8.33. The van der Waals surface area contributed by atoms with Gasteiger partial charge in [0.05, 0.1) is 24.9 Å². The van der Waals surface area contributed by atoms with Gasteiger partial charge in [-0.1, -0.05) is 6.07 Å².